The van der Waals surface area contributed by atoms with Crippen LogP contribution in [0.15, 0.2) is 65.3 Å². The molecule has 0 aliphatic carbocycles. The van der Waals surface area contributed by atoms with E-state index in [0.29, 0.717) is 28.4 Å². The zero-order valence-electron chi connectivity index (χ0n) is 13.1. The highest BCUT2D eigenvalue weighted by molar-refractivity contribution is 6.04. The van der Waals surface area contributed by atoms with Gasteiger partial charge in [-0.15, -0.1) is 0 Å². The Morgan fingerprint density at radius 2 is 1.57 bits per heavy atom. The molecule has 0 saturated heterocycles. The summed E-state index contributed by atoms with van der Waals surface area (Å²) in [5.41, 5.74) is 15.7. The summed E-state index contributed by atoms with van der Waals surface area (Å²) in [6.45, 7) is 1.79. The van der Waals surface area contributed by atoms with Crippen molar-refractivity contribution in [3.05, 3.63) is 71.4 Å². The maximum Gasteiger partial charge on any atom is 0.337 e. The lowest BCUT2D eigenvalue weighted by atomic mass is 10.1. The second-order valence-electron chi connectivity index (χ2n) is 4.93. The predicted molar refractivity (Wildman–Crippen MR) is 92.3 cm³/mol. The van der Waals surface area contributed by atoms with Crippen LogP contribution >= 0.6 is 0 Å². The lowest BCUT2D eigenvalue weighted by molar-refractivity contribution is 0.0601. The maximum atomic E-state index is 11.4. The molecule has 0 amide bonds. The molecule has 0 aliphatic heterocycles. The van der Waals surface area contributed by atoms with E-state index < -0.39 is 0 Å². The van der Waals surface area contributed by atoms with Gasteiger partial charge in [-0.25, -0.2) is 4.79 Å². The molecular weight excluding hydrogens is 290 g/mol. The normalized spacial score (nSPS) is 12.5. The lowest BCUT2D eigenvalue weighted by Crippen LogP contribution is -2.15. The standard InChI is InChI=1S/C18H19N3O2/c1-12(16(19)17(20)13-6-4-3-5-7-13)21-15-10-8-14(9-11-15)18(22)23-2/h3-11H,19-20H2,1-2H3/b17-16+,21-12?. The van der Waals surface area contributed by atoms with Gasteiger partial charge in [0.2, 0.25) is 0 Å². The van der Waals surface area contributed by atoms with Gasteiger partial charge in [0.1, 0.15) is 0 Å². The van der Waals surface area contributed by atoms with Crippen molar-refractivity contribution in [2.24, 2.45) is 16.5 Å². The first-order chi connectivity index (χ1) is 11.0. The number of nitrogens with two attached hydrogens (primary N) is 2. The number of nitrogens with zero attached hydrogens (tertiary/aromatic N) is 1. The molecule has 23 heavy (non-hydrogen) atoms. The van der Waals surface area contributed by atoms with Gasteiger partial charge in [-0.3, -0.25) is 4.99 Å². The summed E-state index contributed by atoms with van der Waals surface area (Å²) in [7, 11) is 1.34. The van der Waals surface area contributed by atoms with Gasteiger partial charge in [-0.05, 0) is 36.8 Å². The number of carbonyl (C=O) groups excluding carboxylic acids is 1. The minimum absolute atomic E-state index is 0.384. The van der Waals surface area contributed by atoms with E-state index in [2.05, 4.69) is 9.73 Å². The number of ether oxygens (including phenoxy) is 1. The number of aliphatic imine (C=N–C) groups is 1. The van der Waals surface area contributed by atoms with Gasteiger partial charge < -0.3 is 16.2 Å². The monoisotopic (exact) mass is 309 g/mol. The van der Waals surface area contributed by atoms with E-state index in [-0.39, 0.29) is 5.97 Å². The second-order valence-corrected chi connectivity index (χ2v) is 4.93. The molecule has 0 heterocycles. The highest BCUT2D eigenvalue weighted by Crippen LogP contribution is 2.17. The molecule has 0 aromatic heterocycles. The van der Waals surface area contributed by atoms with Gasteiger partial charge in [0.05, 0.1) is 35.5 Å². The third-order valence-corrected chi connectivity index (χ3v) is 3.35. The SMILES string of the molecule is COC(=O)c1ccc(N=C(C)/C(N)=C(\N)c2ccccc2)cc1. The van der Waals surface area contributed by atoms with Crippen LogP contribution in [0.2, 0.25) is 0 Å². The molecule has 5 heteroatoms. The van der Waals surface area contributed by atoms with E-state index in [1.807, 2.05) is 30.3 Å². The fourth-order valence-corrected chi connectivity index (χ4v) is 2.01. The van der Waals surface area contributed by atoms with Crippen molar-refractivity contribution in [2.75, 3.05) is 7.11 Å². The zero-order valence-corrected chi connectivity index (χ0v) is 13.1. The highest BCUT2D eigenvalue weighted by Gasteiger charge is 2.07. The molecule has 0 saturated carbocycles. The van der Waals surface area contributed by atoms with E-state index in [9.17, 15) is 4.79 Å². The van der Waals surface area contributed by atoms with Crippen LogP contribution in [0.5, 0.6) is 0 Å². The van der Waals surface area contributed by atoms with Gasteiger partial charge in [0.15, 0.2) is 0 Å². The second kappa shape index (κ2) is 7.26. The molecule has 2 aromatic rings. The van der Waals surface area contributed by atoms with Crippen LogP contribution in [-0.2, 0) is 4.74 Å². The van der Waals surface area contributed by atoms with E-state index in [4.69, 9.17) is 11.5 Å². The van der Waals surface area contributed by atoms with Crippen LogP contribution in [0.3, 0.4) is 0 Å². The number of carbonyl (C=O) groups is 1. The Morgan fingerprint density at radius 1 is 0.957 bits per heavy atom. The van der Waals surface area contributed by atoms with Gasteiger partial charge in [0.25, 0.3) is 0 Å². The smallest absolute Gasteiger partial charge is 0.337 e. The van der Waals surface area contributed by atoms with Gasteiger partial charge in [0, 0.05) is 0 Å². The van der Waals surface area contributed by atoms with Crippen LogP contribution in [-0.4, -0.2) is 18.8 Å². The van der Waals surface area contributed by atoms with E-state index in [1.165, 1.54) is 7.11 Å². The van der Waals surface area contributed by atoms with E-state index in [1.54, 1.807) is 31.2 Å². The van der Waals surface area contributed by atoms with Crippen LogP contribution in [0.4, 0.5) is 5.69 Å². The average molecular weight is 309 g/mol. The van der Waals surface area contributed by atoms with Crippen LogP contribution < -0.4 is 11.5 Å². The Labute approximate surface area is 135 Å². The van der Waals surface area contributed by atoms with Crippen molar-refractivity contribution in [1.29, 1.82) is 0 Å². The third kappa shape index (κ3) is 3.97. The van der Waals surface area contributed by atoms with Crippen LogP contribution in [0.1, 0.15) is 22.8 Å². The molecule has 0 radical (unpaired) electrons. The van der Waals surface area contributed by atoms with Crippen molar-refractivity contribution in [1.82, 2.24) is 0 Å². The number of allylic oxidation sites excluding steroid dienone is 1. The Hall–Kier alpha value is -3.08. The van der Waals surface area contributed by atoms with Gasteiger partial charge >= 0.3 is 5.97 Å². The molecule has 5 nitrogen and oxygen atoms in total. The van der Waals surface area contributed by atoms with Crippen molar-refractivity contribution >= 4 is 23.1 Å². The highest BCUT2D eigenvalue weighted by atomic mass is 16.5. The Balaban J connectivity index is 2.27. The fourth-order valence-electron chi connectivity index (χ4n) is 2.01. The molecule has 0 bridgehead atoms. The summed E-state index contributed by atoms with van der Waals surface area (Å²) in [4.78, 5) is 15.8. The summed E-state index contributed by atoms with van der Waals surface area (Å²) in [5, 5.41) is 0. The number of esters is 1. The minimum atomic E-state index is -0.384. The molecule has 0 spiro atoms. The number of methoxy groups -OCH3 is 1. The van der Waals surface area contributed by atoms with Gasteiger partial charge in [-0.2, -0.15) is 0 Å². The van der Waals surface area contributed by atoms with Gasteiger partial charge in [-0.1, -0.05) is 30.3 Å². The number of hydrogen-bond donors (Lipinski definition) is 2. The number of rotatable bonds is 4. The van der Waals surface area contributed by atoms with E-state index in [0.717, 1.165) is 5.56 Å². The van der Waals surface area contributed by atoms with Crippen LogP contribution in [0.25, 0.3) is 5.70 Å². The Morgan fingerprint density at radius 3 is 2.13 bits per heavy atom. The van der Waals surface area contributed by atoms with Crippen molar-refractivity contribution in [2.45, 2.75) is 6.92 Å². The molecular formula is C18H19N3O2. The average Bonchev–Trinajstić information content (AvgIpc) is 2.61. The number of benzene rings is 2. The van der Waals surface area contributed by atoms with Crippen molar-refractivity contribution in [3.63, 3.8) is 0 Å². The molecule has 0 aliphatic rings. The Kier molecular flexibility index (Phi) is 5.15. The lowest BCUT2D eigenvalue weighted by Gasteiger charge is -2.08. The summed E-state index contributed by atoms with van der Waals surface area (Å²) in [6.07, 6.45) is 0. The van der Waals surface area contributed by atoms with Crippen molar-refractivity contribution in [3.8, 4) is 0 Å². The topological polar surface area (TPSA) is 90.7 Å². The Bertz CT molecular complexity index is 748. The maximum absolute atomic E-state index is 11.4. The summed E-state index contributed by atoms with van der Waals surface area (Å²) in [6, 6.07) is 16.2. The third-order valence-electron chi connectivity index (χ3n) is 3.35. The molecule has 0 unspecified atom stereocenters. The van der Waals surface area contributed by atoms with E-state index >= 15 is 0 Å². The quantitative estimate of drug-likeness (QED) is 0.671. The summed E-state index contributed by atoms with van der Waals surface area (Å²) >= 11 is 0. The number of hydrogen-bond acceptors (Lipinski definition) is 5. The molecule has 118 valence electrons. The first kappa shape index (κ1) is 16.3. The first-order valence-corrected chi connectivity index (χ1v) is 7.07. The van der Waals surface area contributed by atoms with Crippen molar-refractivity contribution < 1.29 is 9.53 Å². The largest absolute Gasteiger partial charge is 0.465 e. The molecule has 0 atom stereocenters. The summed E-state index contributed by atoms with van der Waals surface area (Å²) < 4.78 is 4.66. The fraction of sp³-hybridized carbons (Fsp3) is 0.111. The summed E-state index contributed by atoms with van der Waals surface area (Å²) in [5.74, 6) is -0.384. The molecule has 0 fully saturated rings. The molecule has 2 rings (SSSR count). The molecule has 4 N–H and O–H groups in total. The molecule has 2 aromatic carbocycles. The first-order valence-electron chi connectivity index (χ1n) is 7.07. The van der Waals surface area contributed by atoms with Crippen LogP contribution in [0, 0.1) is 0 Å². The zero-order chi connectivity index (χ0) is 16.8. The predicted octanol–water partition coefficient (Wildman–Crippen LogP) is 2.85. The minimum Gasteiger partial charge on any atom is -0.465 e.